The van der Waals surface area contributed by atoms with E-state index in [4.69, 9.17) is 22.1 Å². The molecule has 7 nitrogen and oxygen atoms in total. The molecule has 0 unspecified atom stereocenters. The Morgan fingerprint density at radius 2 is 1.79 bits per heavy atom. The van der Waals surface area contributed by atoms with Gasteiger partial charge in [-0.05, 0) is 60.4 Å². The average Bonchev–Trinajstić information content (AvgIpc) is 2.67. The normalized spacial score (nSPS) is 10.5. The van der Waals surface area contributed by atoms with Crippen LogP contribution in [0.1, 0.15) is 41.3 Å². The summed E-state index contributed by atoms with van der Waals surface area (Å²) in [6.45, 7) is 5.52. The van der Waals surface area contributed by atoms with Gasteiger partial charge in [0.1, 0.15) is 5.75 Å². The maximum absolute atomic E-state index is 12.2. The van der Waals surface area contributed by atoms with Crippen LogP contribution in [-0.2, 0) is 9.59 Å². The van der Waals surface area contributed by atoms with E-state index in [0.29, 0.717) is 22.0 Å². The van der Waals surface area contributed by atoms with E-state index in [-0.39, 0.29) is 25.0 Å². The van der Waals surface area contributed by atoms with Crippen molar-refractivity contribution in [2.24, 2.45) is 5.73 Å². The lowest BCUT2D eigenvalue weighted by molar-refractivity contribution is -0.118. The molecule has 8 heteroatoms. The number of hydrogen-bond donors (Lipinski definition) is 3. The summed E-state index contributed by atoms with van der Waals surface area (Å²) in [6, 6.07) is 9.92. The van der Waals surface area contributed by atoms with Crippen LogP contribution in [0.5, 0.6) is 5.75 Å². The van der Waals surface area contributed by atoms with Gasteiger partial charge in [-0.15, -0.1) is 0 Å². The lowest BCUT2D eigenvalue weighted by Crippen LogP contribution is -2.33. The predicted octanol–water partition coefficient (Wildman–Crippen LogP) is 3.00. The molecule has 0 radical (unpaired) electrons. The van der Waals surface area contributed by atoms with Crippen molar-refractivity contribution in [3.05, 3.63) is 58.1 Å². The molecule has 2 rings (SSSR count). The third-order valence-electron chi connectivity index (χ3n) is 4.13. The molecule has 3 amide bonds. The Labute approximate surface area is 174 Å². The Hall–Kier alpha value is -3.06. The Morgan fingerprint density at radius 1 is 1.14 bits per heavy atom. The van der Waals surface area contributed by atoms with Crippen molar-refractivity contribution >= 4 is 35.0 Å². The van der Waals surface area contributed by atoms with E-state index >= 15 is 0 Å². The van der Waals surface area contributed by atoms with Crippen molar-refractivity contribution in [1.29, 1.82) is 0 Å². The molecule has 2 aromatic carbocycles. The van der Waals surface area contributed by atoms with Gasteiger partial charge in [0.05, 0.1) is 6.54 Å². The molecule has 0 bridgehead atoms. The van der Waals surface area contributed by atoms with Crippen molar-refractivity contribution in [2.45, 2.75) is 26.7 Å². The highest BCUT2D eigenvalue weighted by Crippen LogP contribution is 2.32. The number of nitrogens with one attached hydrogen (secondary N) is 2. The zero-order valence-corrected chi connectivity index (χ0v) is 17.3. The molecular formula is C21H24ClN3O4. The Morgan fingerprint density at radius 3 is 2.38 bits per heavy atom. The molecule has 0 aliphatic heterocycles. The van der Waals surface area contributed by atoms with Crippen LogP contribution >= 0.6 is 11.6 Å². The number of nitrogens with two attached hydrogens (primary N) is 1. The molecule has 0 fully saturated rings. The first kappa shape index (κ1) is 22.2. The Bertz CT molecular complexity index is 911. The van der Waals surface area contributed by atoms with Gasteiger partial charge in [0.25, 0.3) is 11.8 Å². The number of anilines is 1. The number of hydrogen-bond acceptors (Lipinski definition) is 4. The Kier molecular flexibility index (Phi) is 7.61. The number of benzene rings is 2. The van der Waals surface area contributed by atoms with Gasteiger partial charge in [0.2, 0.25) is 5.91 Å². The van der Waals surface area contributed by atoms with Gasteiger partial charge >= 0.3 is 0 Å². The van der Waals surface area contributed by atoms with Crippen molar-refractivity contribution in [2.75, 3.05) is 18.5 Å². The Balaban J connectivity index is 1.95. The molecule has 0 heterocycles. The molecule has 2 aromatic rings. The van der Waals surface area contributed by atoms with E-state index in [2.05, 4.69) is 10.6 Å². The lowest BCUT2D eigenvalue weighted by atomic mass is 10.0. The van der Waals surface area contributed by atoms with Gasteiger partial charge in [-0.3, -0.25) is 14.4 Å². The molecule has 0 saturated carbocycles. The van der Waals surface area contributed by atoms with Crippen LogP contribution in [0.2, 0.25) is 5.02 Å². The van der Waals surface area contributed by atoms with Crippen LogP contribution in [0, 0.1) is 6.92 Å². The molecule has 0 atom stereocenters. The summed E-state index contributed by atoms with van der Waals surface area (Å²) in [7, 11) is 0. The number of carbonyl (C=O) groups excluding carboxylic acids is 3. The minimum Gasteiger partial charge on any atom is -0.483 e. The number of aryl methyl sites for hydroxylation is 1. The first-order chi connectivity index (χ1) is 13.7. The number of amides is 3. The number of primary amides is 1. The van der Waals surface area contributed by atoms with Gasteiger partial charge in [-0.2, -0.15) is 0 Å². The molecule has 0 aliphatic rings. The number of ether oxygens (including phenoxy) is 1. The van der Waals surface area contributed by atoms with Crippen LogP contribution in [0.3, 0.4) is 0 Å². The summed E-state index contributed by atoms with van der Waals surface area (Å²) >= 11 is 6.18. The molecule has 29 heavy (non-hydrogen) atoms. The van der Waals surface area contributed by atoms with E-state index in [1.54, 1.807) is 12.1 Å². The predicted molar refractivity (Wildman–Crippen MR) is 112 cm³/mol. The minimum absolute atomic E-state index is 0.165. The monoisotopic (exact) mass is 417 g/mol. The van der Waals surface area contributed by atoms with Crippen molar-refractivity contribution < 1.29 is 19.1 Å². The van der Waals surface area contributed by atoms with Gasteiger partial charge in [0, 0.05) is 16.3 Å². The van der Waals surface area contributed by atoms with Gasteiger partial charge in [-0.25, -0.2) is 0 Å². The molecule has 0 aromatic heterocycles. The quantitative estimate of drug-likeness (QED) is 0.613. The maximum atomic E-state index is 12.2. The van der Waals surface area contributed by atoms with Crippen LogP contribution in [0.25, 0.3) is 0 Å². The van der Waals surface area contributed by atoms with Gasteiger partial charge < -0.3 is 21.1 Å². The van der Waals surface area contributed by atoms with Crippen LogP contribution < -0.4 is 21.1 Å². The largest absolute Gasteiger partial charge is 0.483 e. The van der Waals surface area contributed by atoms with E-state index in [0.717, 1.165) is 11.1 Å². The third-order valence-corrected chi connectivity index (χ3v) is 4.53. The molecular weight excluding hydrogens is 394 g/mol. The molecule has 0 saturated heterocycles. The smallest absolute Gasteiger partial charge is 0.262 e. The first-order valence-corrected chi connectivity index (χ1v) is 9.44. The van der Waals surface area contributed by atoms with E-state index in [9.17, 15) is 14.4 Å². The molecule has 154 valence electrons. The highest BCUT2D eigenvalue weighted by Gasteiger charge is 2.13. The minimum atomic E-state index is -0.626. The highest BCUT2D eigenvalue weighted by atomic mass is 35.5. The summed E-state index contributed by atoms with van der Waals surface area (Å²) in [5.41, 5.74) is 7.65. The second kappa shape index (κ2) is 9.93. The lowest BCUT2D eigenvalue weighted by Gasteiger charge is -2.16. The summed E-state index contributed by atoms with van der Waals surface area (Å²) < 4.78 is 5.71. The fourth-order valence-electron chi connectivity index (χ4n) is 2.56. The van der Waals surface area contributed by atoms with Gasteiger partial charge in [0.15, 0.2) is 6.61 Å². The topological polar surface area (TPSA) is 111 Å². The van der Waals surface area contributed by atoms with Crippen LogP contribution in [0.4, 0.5) is 5.69 Å². The summed E-state index contributed by atoms with van der Waals surface area (Å²) in [6.07, 6.45) is 0. The van der Waals surface area contributed by atoms with Crippen LogP contribution in [0.15, 0.2) is 36.4 Å². The summed E-state index contributed by atoms with van der Waals surface area (Å²) in [5, 5.41) is 5.75. The second-order valence-electron chi connectivity index (χ2n) is 6.86. The van der Waals surface area contributed by atoms with E-state index in [1.165, 1.54) is 12.1 Å². The SMILES string of the molecule is Cc1cc(OCC(=O)Nc2ccc(C(=O)NCC(N)=O)cc2)c(C(C)C)cc1Cl. The summed E-state index contributed by atoms with van der Waals surface area (Å²) in [4.78, 5) is 34.8. The van der Waals surface area contributed by atoms with Crippen LogP contribution in [-0.4, -0.2) is 30.9 Å². The number of carbonyl (C=O) groups is 3. The maximum Gasteiger partial charge on any atom is 0.262 e. The van der Waals surface area contributed by atoms with Crippen molar-refractivity contribution in [1.82, 2.24) is 5.32 Å². The average molecular weight is 418 g/mol. The van der Waals surface area contributed by atoms with Crippen molar-refractivity contribution in [3.8, 4) is 5.75 Å². The first-order valence-electron chi connectivity index (χ1n) is 9.06. The fourth-order valence-corrected chi connectivity index (χ4v) is 2.73. The zero-order chi connectivity index (χ0) is 21.6. The standard InChI is InChI=1S/C21H24ClN3O4/c1-12(2)16-9-17(22)13(3)8-18(16)29-11-20(27)25-15-6-4-14(5-7-15)21(28)24-10-19(23)26/h4-9,12H,10-11H2,1-3H3,(H2,23,26)(H,24,28)(H,25,27). The third kappa shape index (κ3) is 6.50. The van der Waals surface area contributed by atoms with E-state index < -0.39 is 11.8 Å². The molecule has 4 N–H and O–H groups in total. The molecule has 0 spiro atoms. The number of halogens is 1. The van der Waals surface area contributed by atoms with Gasteiger partial charge in [-0.1, -0.05) is 25.4 Å². The van der Waals surface area contributed by atoms with E-state index in [1.807, 2.05) is 32.9 Å². The second-order valence-corrected chi connectivity index (χ2v) is 7.26. The number of rotatable bonds is 8. The summed E-state index contributed by atoms with van der Waals surface area (Å²) in [5.74, 6) is -0.570. The highest BCUT2D eigenvalue weighted by molar-refractivity contribution is 6.31. The fraction of sp³-hybridized carbons (Fsp3) is 0.286. The molecule has 0 aliphatic carbocycles. The zero-order valence-electron chi connectivity index (χ0n) is 16.5. The van der Waals surface area contributed by atoms with Crippen molar-refractivity contribution in [3.63, 3.8) is 0 Å².